The molecule has 0 saturated carbocycles. The minimum Gasteiger partial charge on any atom is -0.493 e. The fourth-order valence-corrected chi connectivity index (χ4v) is 3.70. The first-order valence-corrected chi connectivity index (χ1v) is 9.44. The smallest absolute Gasteiger partial charge is 0.318 e. The highest BCUT2D eigenvalue weighted by molar-refractivity contribution is 8.26. The maximum absolute atomic E-state index is 12.1. The van der Waals surface area contributed by atoms with Gasteiger partial charge in [0.05, 0.1) is 27.9 Å². The lowest BCUT2D eigenvalue weighted by atomic mass is 10.2. The summed E-state index contributed by atoms with van der Waals surface area (Å²) in [7, 11) is 2.98. The van der Waals surface area contributed by atoms with Crippen molar-refractivity contribution in [3.63, 3.8) is 0 Å². The molecular formula is C18H13N3O7S2. The van der Waals surface area contributed by atoms with Gasteiger partial charge in [-0.1, -0.05) is 30.0 Å². The topological polar surface area (TPSA) is 125 Å². The fraction of sp³-hybridized carbons (Fsp3) is 0.111. The van der Waals surface area contributed by atoms with Gasteiger partial charge >= 0.3 is 5.69 Å². The zero-order valence-corrected chi connectivity index (χ0v) is 17.2. The Balaban J connectivity index is 1.93. The number of methoxy groups -OCH3 is 1. The van der Waals surface area contributed by atoms with Crippen LogP contribution in [0.3, 0.4) is 0 Å². The van der Waals surface area contributed by atoms with Gasteiger partial charge in [0.15, 0.2) is 11.5 Å². The number of hydrogen-bond donors (Lipinski definition) is 0. The molecule has 2 aromatic rings. The van der Waals surface area contributed by atoms with E-state index >= 15 is 0 Å². The second-order valence-electron chi connectivity index (χ2n) is 5.92. The molecule has 1 amide bonds. The van der Waals surface area contributed by atoms with E-state index in [0.717, 1.165) is 18.2 Å². The van der Waals surface area contributed by atoms with Crippen LogP contribution in [-0.4, -0.2) is 39.1 Å². The molecule has 0 bridgehead atoms. The Morgan fingerprint density at radius 3 is 2.33 bits per heavy atom. The van der Waals surface area contributed by atoms with Crippen LogP contribution in [0.1, 0.15) is 5.56 Å². The first-order chi connectivity index (χ1) is 14.2. The lowest BCUT2D eigenvalue weighted by Gasteiger charge is -2.11. The number of non-ortho nitro benzene ring substituents is 1. The average molecular weight is 447 g/mol. The number of thioether (sulfide) groups is 1. The van der Waals surface area contributed by atoms with Crippen molar-refractivity contribution in [2.24, 2.45) is 0 Å². The molecule has 1 saturated heterocycles. The van der Waals surface area contributed by atoms with Crippen LogP contribution in [0.15, 0.2) is 41.3 Å². The molecule has 1 fully saturated rings. The number of nitro groups is 2. The second kappa shape index (κ2) is 8.47. The van der Waals surface area contributed by atoms with Crippen molar-refractivity contribution in [1.29, 1.82) is 0 Å². The van der Waals surface area contributed by atoms with Crippen molar-refractivity contribution in [1.82, 2.24) is 4.90 Å². The van der Waals surface area contributed by atoms with E-state index in [9.17, 15) is 25.0 Å². The molecule has 1 aliphatic rings. The van der Waals surface area contributed by atoms with Gasteiger partial charge in [-0.25, -0.2) is 0 Å². The summed E-state index contributed by atoms with van der Waals surface area (Å²) in [5, 5.41) is 22.2. The third-order valence-corrected chi connectivity index (χ3v) is 5.53. The Hall–Kier alpha value is -3.51. The van der Waals surface area contributed by atoms with E-state index in [2.05, 4.69) is 0 Å². The molecule has 154 valence electrons. The van der Waals surface area contributed by atoms with Crippen molar-refractivity contribution in [2.45, 2.75) is 0 Å². The monoisotopic (exact) mass is 447 g/mol. The number of nitrogens with zero attached hydrogens (tertiary/aromatic N) is 3. The molecule has 0 N–H and O–H groups in total. The molecule has 2 aromatic carbocycles. The number of amides is 1. The van der Waals surface area contributed by atoms with Crippen molar-refractivity contribution in [2.75, 3.05) is 14.2 Å². The van der Waals surface area contributed by atoms with Crippen LogP contribution in [0.5, 0.6) is 17.2 Å². The molecule has 0 atom stereocenters. The van der Waals surface area contributed by atoms with Gasteiger partial charge in [0.25, 0.3) is 11.6 Å². The highest BCUT2D eigenvalue weighted by Gasteiger charge is 2.28. The van der Waals surface area contributed by atoms with Crippen molar-refractivity contribution in [3.05, 3.63) is 67.1 Å². The van der Waals surface area contributed by atoms with Gasteiger partial charge in [-0.2, -0.15) is 0 Å². The Bertz CT molecular complexity index is 1120. The predicted molar refractivity (Wildman–Crippen MR) is 114 cm³/mol. The van der Waals surface area contributed by atoms with Crippen LogP contribution in [0.4, 0.5) is 11.4 Å². The number of thiocarbonyl (C=S) groups is 1. The molecule has 3 rings (SSSR count). The van der Waals surface area contributed by atoms with Gasteiger partial charge in [-0.15, -0.1) is 0 Å². The summed E-state index contributed by atoms with van der Waals surface area (Å²) in [5.41, 5.74) is -0.349. The van der Waals surface area contributed by atoms with E-state index < -0.39 is 21.2 Å². The van der Waals surface area contributed by atoms with Gasteiger partial charge in [0.1, 0.15) is 4.32 Å². The summed E-state index contributed by atoms with van der Waals surface area (Å²) in [5.74, 6) is 0.0207. The number of ether oxygens (including phenoxy) is 2. The number of likely N-dealkylation sites (N-methyl/N-ethyl adjacent to an activating group) is 1. The summed E-state index contributed by atoms with van der Waals surface area (Å²) in [6.07, 6.45) is 1.64. The van der Waals surface area contributed by atoms with E-state index in [1.165, 1.54) is 29.8 Å². The number of nitro benzene ring substituents is 2. The van der Waals surface area contributed by atoms with E-state index in [1.54, 1.807) is 25.3 Å². The van der Waals surface area contributed by atoms with Crippen LogP contribution >= 0.6 is 24.0 Å². The molecule has 0 spiro atoms. The zero-order valence-electron chi connectivity index (χ0n) is 15.6. The lowest BCUT2D eigenvalue weighted by molar-refractivity contribution is -0.394. The molecule has 0 aromatic heterocycles. The molecule has 1 heterocycles. The van der Waals surface area contributed by atoms with Crippen LogP contribution in [0.25, 0.3) is 6.08 Å². The number of benzene rings is 2. The number of carbonyl (C=O) groups excluding carboxylic acids is 1. The van der Waals surface area contributed by atoms with E-state index in [0.29, 0.717) is 14.8 Å². The third-order valence-electron chi connectivity index (χ3n) is 4.04. The van der Waals surface area contributed by atoms with Gasteiger partial charge in [0, 0.05) is 13.1 Å². The Labute approximate surface area is 179 Å². The Kier molecular flexibility index (Phi) is 5.99. The first kappa shape index (κ1) is 21.2. The quantitative estimate of drug-likeness (QED) is 0.278. The normalized spacial score (nSPS) is 14.9. The third kappa shape index (κ3) is 4.23. The molecule has 10 nitrogen and oxygen atoms in total. The van der Waals surface area contributed by atoms with E-state index in [4.69, 9.17) is 21.7 Å². The molecular weight excluding hydrogens is 434 g/mol. The molecule has 1 aliphatic heterocycles. The van der Waals surface area contributed by atoms with Gasteiger partial charge in [-0.05, 0) is 29.8 Å². The van der Waals surface area contributed by atoms with E-state index in [1.807, 2.05) is 0 Å². The SMILES string of the molecule is COc1cc(C=C2SC(=S)N(C)C2=O)ccc1Oc1ccc([N+](=O)[O-])cc1[N+](=O)[O-]. The van der Waals surface area contributed by atoms with Crippen molar-refractivity contribution >= 4 is 51.7 Å². The number of rotatable bonds is 6. The largest absolute Gasteiger partial charge is 0.493 e. The Morgan fingerprint density at radius 2 is 1.77 bits per heavy atom. The van der Waals surface area contributed by atoms with Crippen LogP contribution < -0.4 is 9.47 Å². The van der Waals surface area contributed by atoms with Crippen molar-refractivity contribution < 1.29 is 24.1 Å². The first-order valence-electron chi connectivity index (χ1n) is 8.21. The predicted octanol–water partition coefficient (Wildman–Crippen LogP) is 4.13. The van der Waals surface area contributed by atoms with Crippen LogP contribution in [-0.2, 0) is 4.79 Å². The molecule has 0 aliphatic carbocycles. The van der Waals surface area contributed by atoms with Gasteiger partial charge < -0.3 is 9.47 Å². The Morgan fingerprint density at radius 1 is 1.07 bits per heavy atom. The summed E-state index contributed by atoms with van der Waals surface area (Å²) < 4.78 is 11.3. The van der Waals surface area contributed by atoms with Crippen LogP contribution in [0, 0.1) is 20.2 Å². The standard InChI is InChI=1S/C18H13N3O7S2/c1-19-17(22)16(30-18(19)29)8-10-3-5-14(15(7-10)27-2)28-13-6-4-11(20(23)24)9-12(13)21(25)26/h3-9H,1-2H3. The minimum atomic E-state index is -0.768. The second-order valence-corrected chi connectivity index (χ2v) is 7.60. The minimum absolute atomic E-state index is 0.162. The van der Waals surface area contributed by atoms with Crippen LogP contribution in [0.2, 0.25) is 0 Å². The molecule has 30 heavy (non-hydrogen) atoms. The maximum atomic E-state index is 12.1. The molecule has 12 heteroatoms. The maximum Gasteiger partial charge on any atom is 0.318 e. The summed E-state index contributed by atoms with van der Waals surface area (Å²) >= 11 is 6.27. The van der Waals surface area contributed by atoms with Crippen molar-refractivity contribution in [3.8, 4) is 17.2 Å². The average Bonchev–Trinajstić information content (AvgIpc) is 2.95. The van der Waals surface area contributed by atoms with E-state index in [-0.39, 0.29) is 23.2 Å². The lowest BCUT2D eigenvalue weighted by Crippen LogP contribution is -2.22. The number of hydrogen-bond acceptors (Lipinski definition) is 9. The zero-order chi connectivity index (χ0) is 22.0. The fourth-order valence-electron chi connectivity index (χ4n) is 2.52. The summed E-state index contributed by atoms with van der Waals surface area (Å²) in [6.45, 7) is 0. The summed E-state index contributed by atoms with van der Waals surface area (Å²) in [4.78, 5) is 34.6. The molecule has 0 radical (unpaired) electrons. The summed E-state index contributed by atoms with van der Waals surface area (Å²) in [6, 6.07) is 7.82. The highest BCUT2D eigenvalue weighted by Crippen LogP contribution is 2.39. The highest BCUT2D eigenvalue weighted by atomic mass is 32.2. The number of carbonyl (C=O) groups is 1. The molecule has 0 unspecified atom stereocenters. The van der Waals surface area contributed by atoms with Gasteiger partial charge in [0.2, 0.25) is 5.75 Å². The van der Waals surface area contributed by atoms with Gasteiger partial charge in [-0.3, -0.25) is 29.9 Å².